The third-order valence-electron chi connectivity index (χ3n) is 18.1. The fraction of sp³-hybridized carbons (Fsp3) is 0.189. The van der Waals surface area contributed by atoms with Gasteiger partial charge in [0.05, 0.1) is 11.3 Å². The molecule has 150 heavy (non-hydrogen) atoms. The van der Waals surface area contributed by atoms with Gasteiger partial charge in [-0.15, -0.1) is 0 Å². The van der Waals surface area contributed by atoms with E-state index in [4.69, 9.17) is 0 Å². The Morgan fingerprint density at radius 3 is 0.987 bits per heavy atom. The van der Waals surface area contributed by atoms with Gasteiger partial charge in [-0.2, -0.15) is 106 Å². The molecular formula is C90H73F18N37Pt5-10. The molecule has 0 bridgehead atoms. The zero-order chi connectivity index (χ0) is 105. The molecule has 0 atom stereocenters. The molecule has 0 aromatic carbocycles. The number of hydrogen-bond donors (Lipinski definition) is 0. The van der Waals surface area contributed by atoms with Crippen LogP contribution in [0.5, 0.6) is 0 Å². The van der Waals surface area contributed by atoms with Crippen LogP contribution in [0.1, 0.15) is 68.7 Å². The SMILES string of the molecule is Cc1c(C(F)(F)F)n[n-]c1-c1ccccn1.Cc1n[c-]c(N2C=CN(C)[CH-]2)cn1.Cc1n[c-]c(N2C=CN(C)[CH-]2)cn1.Cc1n[c-]c(N2C=CN(C)[CH-]2)cn1.Cc1n[c-]c(N2C=CN(C)[CH-]2)cn1.Cc1n[c-]c([N+]2=C=[N+](C)C=C2)cn1.FC(F)(F)c1cc(-c2ccccn2)[n-]n1.FC(F)(F)c1cc(-c2ccncn2)[n-]n1.FC(F)(F)c1cc(-c2ncccn2)[n-]n1.FC(F)(F)c1ccnc(-c2cc(C(F)(F)F)n[n-]2)c1.[Pt+2].[Pt].[Pt].[Pt].[Pt]. The van der Waals surface area contributed by atoms with Gasteiger partial charge in [-0.25, -0.2) is 19.9 Å². The van der Waals surface area contributed by atoms with Crippen molar-refractivity contribution < 1.29 is 194 Å². The molecule has 20 rings (SSSR count). The van der Waals surface area contributed by atoms with Gasteiger partial charge < -0.3 is 140 Å². The van der Waals surface area contributed by atoms with Crippen molar-refractivity contribution in [2.24, 2.45) is 0 Å². The molecule has 0 saturated heterocycles. The van der Waals surface area contributed by atoms with E-state index in [9.17, 15) is 79.0 Å². The molecule has 0 fully saturated rings. The summed E-state index contributed by atoms with van der Waals surface area (Å²) in [4.78, 5) is 82.2. The molecule has 15 aromatic heterocycles. The fourth-order valence-corrected chi connectivity index (χ4v) is 11.0. The summed E-state index contributed by atoms with van der Waals surface area (Å²) in [6.45, 7) is 18.3. The summed E-state index contributed by atoms with van der Waals surface area (Å²) in [6.07, 6.45) is 24.7. The first-order chi connectivity index (χ1) is 68.7. The Balaban J connectivity index is 0.000000254. The van der Waals surface area contributed by atoms with Crippen molar-refractivity contribution in [1.29, 1.82) is 0 Å². The minimum atomic E-state index is -4.70. The van der Waals surface area contributed by atoms with E-state index in [1.165, 1.54) is 50.3 Å². The topological polar surface area (TPSA) is 386 Å². The molecule has 37 nitrogen and oxygen atoms in total. The Kier molecular flexibility index (Phi) is 47.2. The molecule has 804 valence electrons. The molecule has 0 unspecified atom stereocenters. The number of aromatic nitrogens is 27. The van der Waals surface area contributed by atoms with Gasteiger partial charge in [-0.3, -0.25) is 15.0 Å². The van der Waals surface area contributed by atoms with Gasteiger partial charge in [-0.1, -0.05) is 157 Å². The van der Waals surface area contributed by atoms with Crippen LogP contribution in [0.2, 0.25) is 0 Å². The summed E-state index contributed by atoms with van der Waals surface area (Å²) in [5, 5.41) is 32.0. The van der Waals surface area contributed by atoms with E-state index < -0.39 is 71.1 Å². The molecule has 20 heterocycles. The maximum absolute atomic E-state index is 12.5. The second-order valence-electron chi connectivity index (χ2n) is 29.4. The number of nitrogens with zero attached hydrogens (tertiary/aromatic N) is 37. The van der Waals surface area contributed by atoms with E-state index in [1.807, 2.05) is 202 Å². The van der Waals surface area contributed by atoms with Crippen molar-refractivity contribution in [2.45, 2.75) is 78.6 Å². The van der Waals surface area contributed by atoms with E-state index in [0.717, 1.165) is 82.0 Å². The quantitative estimate of drug-likeness (QED) is 0.0697. The minimum Gasteiger partial charge on any atom is -0.573 e. The third-order valence-corrected chi connectivity index (χ3v) is 18.1. The third kappa shape index (κ3) is 38.4. The Morgan fingerprint density at radius 1 is 0.333 bits per heavy atom. The second-order valence-corrected chi connectivity index (χ2v) is 29.4. The van der Waals surface area contributed by atoms with E-state index in [0.29, 0.717) is 35.3 Å². The standard InChI is InChI=1S/C10H4F6N3.C10H7F3N3.C9H5F3N3.4C9H10N4.C9H9N4.2C8H4F3N4.5Pt/c11-9(12,13)5-1-2-17-6(3-5)7-4-8(19-18-7)10(14,15)16;1-6-8(7-4-2-3-5-14-7)15-16-9(6)10(11,12)13;10-9(11,12)8-5-7(14-15-8)6-3-1-2-4-13-6;5*1-8-10-5-9(6-11-8)13-4-3-12(2)7-13;9-8(10,11)7-3-6(14-15-7)5-1-2-12-4-13-5;9-8(10,11)6-4-5(14-15-6)7-12-2-1-3-13-7;;;;;/h1-4H;2-5H,1H3;1-5H;4*3-5,7H,1-2H3;3-5H,1-2H3;2*1-4H;;;;;/q3*-1;4*-2;+1;2*-1;;;;;+2. The number of anilines is 4. The first-order valence-electron chi connectivity index (χ1n) is 41.1. The zero-order valence-corrected chi connectivity index (χ0v) is 89.9. The predicted octanol–water partition coefficient (Wildman–Crippen LogP) is 14.9. The van der Waals surface area contributed by atoms with Gasteiger partial charge in [0, 0.05) is 168 Å². The van der Waals surface area contributed by atoms with Crippen LogP contribution in [0.3, 0.4) is 0 Å². The van der Waals surface area contributed by atoms with Crippen LogP contribution in [-0.4, -0.2) is 180 Å². The van der Waals surface area contributed by atoms with E-state index in [1.54, 1.807) is 78.0 Å². The number of halogens is 18. The predicted molar refractivity (Wildman–Crippen MR) is 477 cm³/mol. The van der Waals surface area contributed by atoms with Gasteiger partial charge in [0.1, 0.15) is 40.6 Å². The van der Waals surface area contributed by atoms with Crippen LogP contribution in [0, 0.1) is 99.2 Å². The molecule has 5 aliphatic heterocycles. The molecule has 0 radical (unpaired) electrons. The minimum absolute atomic E-state index is 0. The van der Waals surface area contributed by atoms with Crippen molar-refractivity contribution in [1.82, 2.24) is 155 Å². The molecule has 5 aliphatic rings. The molecule has 0 saturated carbocycles. The first kappa shape index (κ1) is 124. The molecule has 0 spiro atoms. The summed E-state index contributed by atoms with van der Waals surface area (Å²) in [5.41, 5.74) is -1.28. The number of alkyl halides is 18. The maximum atomic E-state index is 12.5. The average molecular weight is 2990 g/mol. The van der Waals surface area contributed by atoms with Crippen LogP contribution < -0.4 is 45.1 Å². The monoisotopic (exact) mass is 2990 g/mol. The summed E-state index contributed by atoms with van der Waals surface area (Å²) in [5.74, 6) is 3.79. The van der Waals surface area contributed by atoms with Crippen LogP contribution in [0.25, 0.3) is 57.1 Å². The fourth-order valence-electron chi connectivity index (χ4n) is 11.0. The van der Waals surface area contributed by atoms with Crippen LogP contribution in [0.4, 0.5) is 107 Å². The van der Waals surface area contributed by atoms with Crippen LogP contribution in [-0.2, 0) is 142 Å². The van der Waals surface area contributed by atoms with E-state index in [-0.39, 0.29) is 151 Å². The number of rotatable bonds is 10. The first-order valence-corrected chi connectivity index (χ1v) is 41.1. The number of hydrogen-bond acceptors (Lipinski definition) is 30. The molecule has 0 N–H and O–H groups in total. The second kappa shape index (κ2) is 56.9. The van der Waals surface area contributed by atoms with Crippen LogP contribution in [0.15, 0.2) is 221 Å². The Morgan fingerprint density at radius 2 is 0.687 bits per heavy atom. The van der Waals surface area contributed by atoms with Gasteiger partial charge in [0.25, 0.3) is 6.20 Å². The summed E-state index contributed by atoms with van der Waals surface area (Å²) in [7, 11) is 9.76. The zero-order valence-electron chi connectivity index (χ0n) is 78.5. The van der Waals surface area contributed by atoms with Crippen molar-refractivity contribution in [3.8, 4) is 57.1 Å². The van der Waals surface area contributed by atoms with Gasteiger partial charge >= 0.3 is 64.1 Å². The largest absolute Gasteiger partial charge is 2.00 e. The van der Waals surface area contributed by atoms with Crippen molar-refractivity contribution in [3.63, 3.8) is 0 Å². The van der Waals surface area contributed by atoms with Crippen molar-refractivity contribution in [2.75, 3.05) is 54.8 Å². The molecule has 0 aliphatic carbocycles. The van der Waals surface area contributed by atoms with E-state index in [2.05, 4.69) is 173 Å². The average Bonchev–Trinajstić information content (AvgIpc) is 1.66. The summed E-state index contributed by atoms with van der Waals surface area (Å²) in [6, 6.07) is 20.3. The molecule has 60 heteroatoms. The smallest absolute Gasteiger partial charge is 0.573 e. The van der Waals surface area contributed by atoms with Gasteiger partial charge in [0.2, 0.25) is 6.20 Å². The van der Waals surface area contributed by atoms with Crippen LogP contribution >= 0.6 is 0 Å². The maximum Gasteiger partial charge on any atom is 2.00 e. The Bertz CT molecular complexity index is 6380. The Hall–Kier alpha value is -14.3. The summed E-state index contributed by atoms with van der Waals surface area (Å²) >= 11 is 0. The molecule has 15 aromatic rings. The normalized spacial score (nSPS) is 13.0. The molecule has 0 amide bonds. The Labute approximate surface area is 914 Å². The summed E-state index contributed by atoms with van der Waals surface area (Å²) < 4.78 is 225. The van der Waals surface area contributed by atoms with Gasteiger partial charge in [0.15, 0.2) is 12.7 Å². The number of aryl methyl sites for hydroxylation is 5. The van der Waals surface area contributed by atoms with Crippen molar-refractivity contribution >= 4 is 34.4 Å². The molecular weight excluding hydrogens is 2920 g/mol. The van der Waals surface area contributed by atoms with E-state index >= 15 is 0 Å². The number of pyridine rings is 3. The van der Waals surface area contributed by atoms with Gasteiger partial charge in [-0.05, 0) is 175 Å². The van der Waals surface area contributed by atoms with Crippen molar-refractivity contribution in [3.05, 3.63) is 348 Å².